The first-order valence-electron chi connectivity index (χ1n) is 12.1. The predicted molar refractivity (Wildman–Crippen MR) is 130 cm³/mol. The Morgan fingerprint density at radius 1 is 0.800 bits per heavy atom. The third-order valence-electron chi connectivity index (χ3n) is 6.72. The predicted octanol–water partition coefficient (Wildman–Crippen LogP) is 7.56. The van der Waals surface area contributed by atoms with E-state index in [2.05, 4.69) is 0 Å². The van der Waals surface area contributed by atoms with Gasteiger partial charge in [0.15, 0.2) is 11.6 Å². The summed E-state index contributed by atoms with van der Waals surface area (Å²) in [6.07, 6.45) is 3.28. The van der Waals surface area contributed by atoms with Gasteiger partial charge in [-0.2, -0.15) is 0 Å². The highest BCUT2D eigenvalue weighted by atomic mass is 19.2. The van der Waals surface area contributed by atoms with Crippen molar-refractivity contribution in [2.24, 2.45) is 0 Å². The van der Waals surface area contributed by atoms with Crippen LogP contribution in [0.3, 0.4) is 0 Å². The first kappa shape index (κ1) is 25.3. The monoisotopic (exact) mass is 484 g/mol. The van der Waals surface area contributed by atoms with Crippen LogP contribution in [0.15, 0.2) is 54.6 Å². The summed E-state index contributed by atoms with van der Waals surface area (Å²) in [5.41, 5.74) is 2.54. The lowest BCUT2D eigenvalue weighted by Crippen LogP contribution is -2.21. The van der Waals surface area contributed by atoms with Gasteiger partial charge in [-0.3, -0.25) is 0 Å². The Bertz CT molecular complexity index is 1120. The lowest BCUT2D eigenvalue weighted by molar-refractivity contribution is 0.0119. The minimum Gasteiger partial charge on any atom is -0.497 e. The smallest absolute Gasteiger partial charge is 0.167 e. The largest absolute Gasteiger partial charge is 0.497 e. The zero-order chi connectivity index (χ0) is 24.8. The highest BCUT2D eigenvalue weighted by Gasteiger charge is 2.24. The van der Waals surface area contributed by atoms with Gasteiger partial charge in [0.2, 0.25) is 0 Å². The van der Waals surface area contributed by atoms with Crippen LogP contribution in [0, 0.1) is 17.5 Å². The molecule has 0 aliphatic heterocycles. The summed E-state index contributed by atoms with van der Waals surface area (Å²) in [5.74, 6) is -1.07. The molecule has 3 nitrogen and oxygen atoms in total. The van der Waals surface area contributed by atoms with E-state index in [9.17, 15) is 13.2 Å². The second-order valence-electron chi connectivity index (χ2n) is 8.90. The van der Waals surface area contributed by atoms with E-state index in [0.29, 0.717) is 23.5 Å². The van der Waals surface area contributed by atoms with Gasteiger partial charge >= 0.3 is 0 Å². The zero-order valence-electron chi connectivity index (χ0n) is 20.2. The number of methoxy groups -OCH3 is 1. The Kier molecular flexibility index (Phi) is 8.47. The van der Waals surface area contributed by atoms with Crippen molar-refractivity contribution in [3.8, 4) is 16.9 Å². The van der Waals surface area contributed by atoms with Crippen LogP contribution in [0.4, 0.5) is 13.2 Å². The van der Waals surface area contributed by atoms with Crippen molar-refractivity contribution in [1.29, 1.82) is 0 Å². The van der Waals surface area contributed by atoms with E-state index in [1.54, 1.807) is 55.6 Å². The van der Waals surface area contributed by atoms with Crippen molar-refractivity contribution in [2.45, 2.75) is 57.8 Å². The van der Waals surface area contributed by atoms with Gasteiger partial charge in [0, 0.05) is 23.3 Å². The maximum Gasteiger partial charge on any atom is 0.167 e. The molecule has 6 heteroatoms. The molecule has 0 N–H and O–H groups in total. The summed E-state index contributed by atoms with van der Waals surface area (Å²) in [7, 11) is 1.55. The van der Waals surface area contributed by atoms with E-state index >= 15 is 0 Å². The maximum atomic E-state index is 14.8. The van der Waals surface area contributed by atoms with Crippen molar-refractivity contribution < 1.29 is 27.4 Å². The van der Waals surface area contributed by atoms with Gasteiger partial charge in [-0.15, -0.1) is 0 Å². The molecular formula is C29H31F3O3. The molecule has 35 heavy (non-hydrogen) atoms. The van der Waals surface area contributed by atoms with Crippen LogP contribution in [-0.2, 0) is 22.7 Å². The number of ether oxygens (including phenoxy) is 3. The highest BCUT2D eigenvalue weighted by molar-refractivity contribution is 5.65. The maximum absolute atomic E-state index is 14.8. The van der Waals surface area contributed by atoms with Crippen LogP contribution >= 0.6 is 0 Å². The number of halogens is 3. The lowest BCUT2D eigenvalue weighted by Gasteiger charge is -2.29. The average Bonchev–Trinajstić information content (AvgIpc) is 2.89. The second-order valence-corrected chi connectivity index (χ2v) is 8.90. The Balaban J connectivity index is 1.32. The third-order valence-corrected chi connectivity index (χ3v) is 6.72. The standard InChI is InChI=1S/C29H31F3O3/c1-3-34-17-22-5-4-21(16-27(22)30)19-6-13-25(14-7-19)35-18-23-10-15-26(29(32)28(23)31)20-8-11-24(33-2)12-9-20/h4-5,8-12,15-16,19,25H,3,6-7,13-14,17-18H2,1-2H3. The number of hydrogen-bond donors (Lipinski definition) is 0. The summed E-state index contributed by atoms with van der Waals surface area (Å²) in [6, 6.07) is 15.4. The summed E-state index contributed by atoms with van der Waals surface area (Å²) in [4.78, 5) is 0. The van der Waals surface area contributed by atoms with Gasteiger partial charge in [0.1, 0.15) is 11.6 Å². The molecule has 186 valence electrons. The number of benzene rings is 3. The Morgan fingerprint density at radius 3 is 2.17 bits per heavy atom. The van der Waals surface area contributed by atoms with Crippen molar-refractivity contribution in [1.82, 2.24) is 0 Å². The minimum atomic E-state index is -0.880. The Morgan fingerprint density at radius 2 is 1.51 bits per heavy atom. The van der Waals surface area contributed by atoms with Crippen molar-refractivity contribution in [2.75, 3.05) is 13.7 Å². The van der Waals surface area contributed by atoms with E-state index in [1.165, 1.54) is 0 Å². The number of hydrogen-bond acceptors (Lipinski definition) is 3. The second kappa shape index (κ2) is 11.7. The van der Waals surface area contributed by atoms with Crippen LogP contribution < -0.4 is 4.74 Å². The molecule has 1 aliphatic carbocycles. The fourth-order valence-corrected chi connectivity index (χ4v) is 4.61. The topological polar surface area (TPSA) is 27.7 Å². The molecule has 0 atom stereocenters. The normalized spacial score (nSPS) is 18.0. The first-order valence-corrected chi connectivity index (χ1v) is 12.1. The highest BCUT2D eigenvalue weighted by Crippen LogP contribution is 2.35. The molecule has 0 unspecified atom stereocenters. The van der Waals surface area contributed by atoms with E-state index in [4.69, 9.17) is 14.2 Å². The van der Waals surface area contributed by atoms with Gasteiger partial charge in [-0.25, -0.2) is 13.2 Å². The Labute approximate surface area is 204 Å². The summed E-state index contributed by atoms with van der Waals surface area (Å²) in [5, 5.41) is 0. The summed E-state index contributed by atoms with van der Waals surface area (Å²) in [6.45, 7) is 2.73. The van der Waals surface area contributed by atoms with E-state index < -0.39 is 11.6 Å². The van der Waals surface area contributed by atoms with Gasteiger partial charge < -0.3 is 14.2 Å². The van der Waals surface area contributed by atoms with Gasteiger partial charge in [-0.1, -0.05) is 36.4 Å². The van der Waals surface area contributed by atoms with Gasteiger partial charge in [0.25, 0.3) is 0 Å². The molecule has 0 bridgehead atoms. The SMILES string of the molecule is CCOCc1ccc(C2CCC(OCc3ccc(-c4ccc(OC)cc4)c(F)c3F)CC2)cc1F. The molecule has 0 radical (unpaired) electrons. The van der Waals surface area contributed by atoms with Crippen LogP contribution in [0.2, 0.25) is 0 Å². The van der Waals surface area contributed by atoms with Crippen molar-refractivity contribution in [3.05, 3.63) is 88.7 Å². The molecular weight excluding hydrogens is 453 g/mol. The minimum absolute atomic E-state index is 0.0156. The van der Waals surface area contributed by atoms with E-state index in [0.717, 1.165) is 31.2 Å². The molecule has 3 aromatic carbocycles. The van der Waals surface area contributed by atoms with Crippen LogP contribution in [0.1, 0.15) is 55.2 Å². The molecule has 1 fully saturated rings. The van der Waals surface area contributed by atoms with Crippen molar-refractivity contribution in [3.63, 3.8) is 0 Å². The average molecular weight is 485 g/mol. The van der Waals surface area contributed by atoms with Gasteiger partial charge in [0.05, 0.1) is 26.4 Å². The molecule has 0 saturated heterocycles. The Hall–Kier alpha value is -2.83. The van der Waals surface area contributed by atoms with Crippen LogP contribution in [0.5, 0.6) is 5.75 Å². The molecule has 1 aliphatic rings. The van der Waals surface area contributed by atoms with Gasteiger partial charge in [-0.05, 0) is 67.9 Å². The molecule has 0 aromatic heterocycles. The van der Waals surface area contributed by atoms with Crippen molar-refractivity contribution >= 4 is 0 Å². The molecule has 1 saturated carbocycles. The molecule has 3 aromatic rings. The summed E-state index contributed by atoms with van der Waals surface area (Å²) < 4.78 is 60.3. The first-order chi connectivity index (χ1) is 17.0. The fourth-order valence-electron chi connectivity index (χ4n) is 4.61. The number of rotatable bonds is 9. The molecule has 0 amide bonds. The van der Waals surface area contributed by atoms with Crippen LogP contribution in [-0.4, -0.2) is 19.8 Å². The lowest BCUT2D eigenvalue weighted by atomic mass is 9.82. The molecule has 0 heterocycles. The van der Waals surface area contributed by atoms with E-state index in [1.807, 2.05) is 13.0 Å². The quantitative estimate of drug-likeness (QED) is 0.314. The zero-order valence-corrected chi connectivity index (χ0v) is 20.2. The fraction of sp³-hybridized carbons (Fsp3) is 0.379. The van der Waals surface area contributed by atoms with E-state index in [-0.39, 0.29) is 42.2 Å². The summed E-state index contributed by atoms with van der Waals surface area (Å²) >= 11 is 0. The molecule has 0 spiro atoms. The molecule has 4 rings (SSSR count). The third kappa shape index (κ3) is 6.06. The van der Waals surface area contributed by atoms with Crippen LogP contribution in [0.25, 0.3) is 11.1 Å².